The van der Waals surface area contributed by atoms with Gasteiger partial charge >= 0.3 is 0 Å². The molecular weight excluding hydrogens is 576 g/mol. The van der Waals surface area contributed by atoms with Crippen LogP contribution in [0.3, 0.4) is 0 Å². The lowest BCUT2D eigenvalue weighted by molar-refractivity contribution is 0.668. The lowest BCUT2D eigenvalue weighted by atomic mass is 9.94. The van der Waals surface area contributed by atoms with Gasteiger partial charge in [0.25, 0.3) is 0 Å². The third kappa shape index (κ3) is 4.03. The Kier molecular flexibility index (Phi) is 5.51. The van der Waals surface area contributed by atoms with Crippen molar-refractivity contribution < 1.29 is 4.42 Å². The monoisotopic (exact) mass is 600 g/mol. The number of fused-ring (bicyclic) bond motifs is 9. The van der Waals surface area contributed by atoms with Gasteiger partial charge in [0, 0.05) is 45.2 Å². The van der Waals surface area contributed by atoms with E-state index in [-0.39, 0.29) is 0 Å². The van der Waals surface area contributed by atoms with Gasteiger partial charge in [0.2, 0.25) is 0 Å². The van der Waals surface area contributed by atoms with Crippen LogP contribution in [-0.4, -0.2) is 19.9 Å². The zero-order valence-corrected chi connectivity index (χ0v) is 25.1. The van der Waals surface area contributed by atoms with Crippen molar-refractivity contribution in [1.82, 2.24) is 19.9 Å². The number of aromatic nitrogens is 4. The molecule has 0 N–H and O–H groups in total. The van der Waals surface area contributed by atoms with Crippen molar-refractivity contribution in [3.05, 3.63) is 146 Å². The molecule has 5 heteroatoms. The van der Waals surface area contributed by atoms with Crippen molar-refractivity contribution in [2.24, 2.45) is 0 Å². The van der Waals surface area contributed by atoms with Crippen LogP contribution < -0.4 is 0 Å². The van der Waals surface area contributed by atoms with Crippen LogP contribution in [0, 0.1) is 0 Å². The molecule has 218 valence electrons. The average Bonchev–Trinajstić information content (AvgIpc) is 3.53. The lowest BCUT2D eigenvalue weighted by Gasteiger charge is -2.13. The second-order valence-corrected chi connectivity index (χ2v) is 11.9. The Morgan fingerprint density at radius 1 is 0.404 bits per heavy atom. The maximum absolute atomic E-state index is 6.22. The van der Waals surface area contributed by atoms with Gasteiger partial charge in [0.1, 0.15) is 11.2 Å². The molecule has 0 atom stereocenters. The minimum Gasteiger partial charge on any atom is -0.456 e. The third-order valence-electron chi connectivity index (χ3n) is 9.19. The first-order chi connectivity index (χ1) is 23.3. The van der Waals surface area contributed by atoms with Crippen LogP contribution in [0.4, 0.5) is 0 Å². The van der Waals surface area contributed by atoms with E-state index in [1.165, 1.54) is 26.9 Å². The molecule has 0 aliphatic rings. The van der Waals surface area contributed by atoms with Crippen molar-refractivity contribution >= 4 is 65.0 Å². The summed E-state index contributed by atoms with van der Waals surface area (Å²) in [6.45, 7) is 0. The summed E-state index contributed by atoms with van der Waals surface area (Å²) in [5.41, 5.74) is 4.30. The predicted octanol–water partition coefficient (Wildman–Crippen LogP) is 10.8. The molecule has 10 rings (SSSR count). The summed E-state index contributed by atoms with van der Waals surface area (Å²) in [4.78, 5) is 20.0. The minimum absolute atomic E-state index is 0.581. The highest BCUT2D eigenvalue weighted by molar-refractivity contribution is 6.20. The number of benzene rings is 7. The van der Waals surface area contributed by atoms with Gasteiger partial charge in [-0.25, -0.2) is 15.0 Å². The Morgan fingerprint density at radius 2 is 1.09 bits per heavy atom. The molecule has 0 bridgehead atoms. The Bertz CT molecular complexity index is 2870. The molecule has 0 spiro atoms. The van der Waals surface area contributed by atoms with Crippen molar-refractivity contribution in [3.8, 4) is 34.2 Å². The molecule has 47 heavy (non-hydrogen) atoms. The molecule has 7 aromatic carbocycles. The van der Waals surface area contributed by atoms with Gasteiger partial charge < -0.3 is 4.42 Å². The van der Waals surface area contributed by atoms with Crippen molar-refractivity contribution in [3.63, 3.8) is 0 Å². The van der Waals surface area contributed by atoms with Crippen molar-refractivity contribution in [2.75, 3.05) is 0 Å². The van der Waals surface area contributed by atoms with E-state index >= 15 is 0 Å². The average molecular weight is 601 g/mol. The quantitative estimate of drug-likeness (QED) is 0.189. The van der Waals surface area contributed by atoms with Crippen molar-refractivity contribution in [1.29, 1.82) is 0 Å². The van der Waals surface area contributed by atoms with E-state index < -0.39 is 0 Å². The maximum atomic E-state index is 6.22. The molecule has 0 fully saturated rings. The molecule has 0 radical (unpaired) electrons. The SMILES string of the molecule is c1ccc2cc(-c3nc(-c4cccc5ccc6c7ccccc7ccc6c45)nc(-c4cccc5oc6ccncc6c45)n3)ccc2c1. The Balaban J connectivity index is 1.29. The topological polar surface area (TPSA) is 64.7 Å². The van der Waals surface area contributed by atoms with Crippen LogP contribution in [0.2, 0.25) is 0 Å². The second kappa shape index (κ2) is 10.0. The Morgan fingerprint density at radius 3 is 1.98 bits per heavy atom. The van der Waals surface area contributed by atoms with E-state index in [1.54, 1.807) is 6.20 Å². The number of rotatable bonds is 3. The summed E-state index contributed by atoms with van der Waals surface area (Å²) in [5, 5.41) is 11.2. The standard InChI is InChI=1S/C42H24N4O/c1-2-9-28-23-29(16-15-25(28)7-1)40-44-41(46-42(45-40)34-13-6-14-37-39(34)35-24-43-22-21-36(35)47-37)33-12-5-10-27-18-19-31-30-11-4-3-8-26(30)17-20-32(31)38(27)33/h1-24H. The number of hydrogen-bond acceptors (Lipinski definition) is 5. The fraction of sp³-hybridized carbons (Fsp3) is 0. The van der Waals surface area contributed by atoms with Gasteiger partial charge in [0.05, 0.1) is 0 Å². The van der Waals surface area contributed by atoms with Gasteiger partial charge in [-0.2, -0.15) is 0 Å². The Hall–Kier alpha value is -6.46. The third-order valence-corrected chi connectivity index (χ3v) is 9.19. The molecule has 0 amide bonds. The fourth-order valence-electron chi connectivity index (χ4n) is 6.99. The van der Waals surface area contributed by atoms with Crippen LogP contribution in [0.5, 0.6) is 0 Å². The normalized spacial score (nSPS) is 11.8. The number of furan rings is 1. The van der Waals surface area contributed by atoms with E-state index in [2.05, 4.69) is 120 Å². The van der Waals surface area contributed by atoms with E-state index in [0.29, 0.717) is 17.5 Å². The minimum atomic E-state index is 0.581. The lowest BCUT2D eigenvalue weighted by Crippen LogP contribution is -2.01. The molecule has 5 nitrogen and oxygen atoms in total. The van der Waals surface area contributed by atoms with Gasteiger partial charge in [0.15, 0.2) is 17.5 Å². The molecule has 0 unspecified atom stereocenters. The van der Waals surface area contributed by atoms with Crippen LogP contribution >= 0.6 is 0 Å². The van der Waals surface area contributed by atoms with Crippen LogP contribution in [0.1, 0.15) is 0 Å². The van der Waals surface area contributed by atoms with Crippen LogP contribution in [0.25, 0.3) is 99.2 Å². The summed E-state index contributed by atoms with van der Waals surface area (Å²) < 4.78 is 6.22. The van der Waals surface area contributed by atoms with Crippen LogP contribution in [-0.2, 0) is 0 Å². The summed E-state index contributed by atoms with van der Waals surface area (Å²) in [6.07, 6.45) is 3.59. The molecule has 0 saturated heterocycles. The summed E-state index contributed by atoms with van der Waals surface area (Å²) >= 11 is 0. The molecule has 3 aromatic heterocycles. The zero-order chi connectivity index (χ0) is 30.9. The highest BCUT2D eigenvalue weighted by atomic mass is 16.3. The Labute approximate surface area is 268 Å². The summed E-state index contributed by atoms with van der Waals surface area (Å²) in [6, 6.07) is 46.4. The van der Waals surface area contributed by atoms with E-state index in [1.807, 2.05) is 24.4 Å². The number of nitrogens with zero attached hydrogens (tertiary/aromatic N) is 4. The molecule has 0 saturated carbocycles. The molecule has 10 aromatic rings. The molecule has 0 aliphatic heterocycles. The number of pyridine rings is 1. The number of hydrogen-bond donors (Lipinski definition) is 0. The van der Waals surface area contributed by atoms with E-state index in [9.17, 15) is 0 Å². The first-order valence-electron chi connectivity index (χ1n) is 15.6. The van der Waals surface area contributed by atoms with Crippen molar-refractivity contribution in [2.45, 2.75) is 0 Å². The van der Waals surface area contributed by atoms with Gasteiger partial charge in [-0.05, 0) is 55.9 Å². The van der Waals surface area contributed by atoms with E-state index in [0.717, 1.165) is 54.8 Å². The first kappa shape index (κ1) is 25.8. The highest BCUT2D eigenvalue weighted by Crippen LogP contribution is 2.39. The molecular formula is C42H24N4O. The largest absolute Gasteiger partial charge is 0.456 e. The maximum Gasteiger partial charge on any atom is 0.164 e. The van der Waals surface area contributed by atoms with Crippen LogP contribution in [0.15, 0.2) is 150 Å². The predicted molar refractivity (Wildman–Crippen MR) is 191 cm³/mol. The van der Waals surface area contributed by atoms with Gasteiger partial charge in [-0.15, -0.1) is 0 Å². The second-order valence-electron chi connectivity index (χ2n) is 11.9. The highest BCUT2D eigenvalue weighted by Gasteiger charge is 2.19. The van der Waals surface area contributed by atoms with Gasteiger partial charge in [-0.1, -0.05) is 115 Å². The smallest absolute Gasteiger partial charge is 0.164 e. The fourth-order valence-corrected chi connectivity index (χ4v) is 6.99. The summed E-state index contributed by atoms with van der Waals surface area (Å²) in [5.74, 6) is 1.81. The van der Waals surface area contributed by atoms with Gasteiger partial charge in [-0.3, -0.25) is 4.98 Å². The first-order valence-corrected chi connectivity index (χ1v) is 15.6. The molecule has 0 aliphatic carbocycles. The van der Waals surface area contributed by atoms with E-state index in [4.69, 9.17) is 19.4 Å². The summed E-state index contributed by atoms with van der Waals surface area (Å²) in [7, 11) is 0. The molecule has 3 heterocycles. The zero-order valence-electron chi connectivity index (χ0n) is 25.1.